The summed E-state index contributed by atoms with van der Waals surface area (Å²) < 4.78 is 30.7. The standard InChI is InChI=1S/C8H17NO4S.Na.H/c1-3-5-6-7(4-2)8(10)9-14(11,12)13;;/h7H,3-6H2,1-2H3,(H,9,10)(H,11,12,13);;. The topological polar surface area (TPSA) is 83.5 Å². The van der Waals surface area contributed by atoms with Crippen LogP contribution >= 0.6 is 0 Å². The third kappa shape index (κ3) is 9.32. The van der Waals surface area contributed by atoms with Crippen LogP contribution in [0, 0.1) is 5.92 Å². The van der Waals surface area contributed by atoms with Gasteiger partial charge in [0.2, 0.25) is 5.91 Å². The van der Waals surface area contributed by atoms with E-state index in [9.17, 15) is 13.2 Å². The Bertz CT molecular complexity index is 278. The normalized spacial score (nSPS) is 12.7. The number of carbonyl (C=O) groups excluding carboxylic acids is 1. The molecule has 15 heavy (non-hydrogen) atoms. The first-order valence-corrected chi connectivity index (χ1v) is 6.13. The van der Waals surface area contributed by atoms with E-state index in [1.54, 1.807) is 4.72 Å². The minimum absolute atomic E-state index is 0. The van der Waals surface area contributed by atoms with E-state index in [1.165, 1.54) is 0 Å². The first-order chi connectivity index (χ1) is 6.40. The van der Waals surface area contributed by atoms with E-state index in [0.29, 0.717) is 12.8 Å². The van der Waals surface area contributed by atoms with Gasteiger partial charge in [-0.2, -0.15) is 8.42 Å². The Balaban J connectivity index is 0. The van der Waals surface area contributed by atoms with Crippen molar-refractivity contribution in [3.63, 3.8) is 0 Å². The molecule has 0 aliphatic heterocycles. The summed E-state index contributed by atoms with van der Waals surface area (Å²) in [4.78, 5) is 11.2. The van der Waals surface area contributed by atoms with Crippen LogP contribution in [-0.4, -0.2) is 48.4 Å². The van der Waals surface area contributed by atoms with Crippen molar-refractivity contribution in [2.45, 2.75) is 39.5 Å². The van der Waals surface area contributed by atoms with Crippen molar-refractivity contribution >= 4 is 45.8 Å². The maximum absolute atomic E-state index is 11.2. The van der Waals surface area contributed by atoms with Crippen LogP contribution in [0.15, 0.2) is 0 Å². The molecule has 0 aliphatic carbocycles. The molecule has 2 N–H and O–H groups in total. The van der Waals surface area contributed by atoms with Crippen molar-refractivity contribution in [2.24, 2.45) is 5.92 Å². The number of unbranched alkanes of at least 4 members (excludes halogenated alkanes) is 1. The zero-order valence-corrected chi connectivity index (χ0v) is 9.30. The minimum atomic E-state index is -4.40. The molecule has 0 saturated carbocycles. The number of rotatable bonds is 6. The van der Waals surface area contributed by atoms with E-state index in [1.807, 2.05) is 13.8 Å². The summed E-state index contributed by atoms with van der Waals surface area (Å²) in [5.41, 5.74) is 0. The average molecular weight is 247 g/mol. The van der Waals surface area contributed by atoms with Gasteiger partial charge in [-0.3, -0.25) is 9.35 Å². The monoisotopic (exact) mass is 247 g/mol. The van der Waals surface area contributed by atoms with Gasteiger partial charge in [0.05, 0.1) is 0 Å². The van der Waals surface area contributed by atoms with E-state index in [0.717, 1.165) is 12.8 Å². The van der Waals surface area contributed by atoms with Crippen LogP contribution in [0.2, 0.25) is 0 Å². The summed E-state index contributed by atoms with van der Waals surface area (Å²) in [5, 5.41) is 0. The summed E-state index contributed by atoms with van der Waals surface area (Å²) >= 11 is 0. The zero-order valence-electron chi connectivity index (χ0n) is 8.49. The summed E-state index contributed by atoms with van der Waals surface area (Å²) in [6.07, 6.45) is 3.04. The third-order valence-corrected chi connectivity index (χ3v) is 2.46. The second-order valence-electron chi connectivity index (χ2n) is 3.19. The summed E-state index contributed by atoms with van der Waals surface area (Å²) in [6.45, 7) is 3.80. The molecule has 1 unspecified atom stereocenters. The van der Waals surface area contributed by atoms with E-state index in [2.05, 4.69) is 0 Å². The van der Waals surface area contributed by atoms with Gasteiger partial charge in [-0.25, -0.2) is 4.72 Å². The second-order valence-corrected chi connectivity index (χ2v) is 4.34. The Kier molecular flexibility index (Phi) is 10.1. The Labute approximate surface area is 113 Å². The van der Waals surface area contributed by atoms with Crippen LogP contribution < -0.4 is 4.72 Å². The van der Waals surface area contributed by atoms with Gasteiger partial charge in [0, 0.05) is 5.92 Å². The third-order valence-electron chi connectivity index (χ3n) is 2.00. The molecular weight excluding hydrogens is 229 g/mol. The molecule has 0 radical (unpaired) electrons. The van der Waals surface area contributed by atoms with Crippen LogP contribution in [0.1, 0.15) is 39.5 Å². The van der Waals surface area contributed by atoms with Gasteiger partial charge in [0.25, 0.3) is 0 Å². The molecule has 0 rings (SSSR count). The summed E-state index contributed by atoms with van der Waals surface area (Å²) in [7, 11) is -4.40. The molecule has 0 saturated heterocycles. The van der Waals surface area contributed by atoms with Crippen LogP contribution in [0.25, 0.3) is 0 Å². The molecule has 0 bridgehead atoms. The predicted molar refractivity (Wildman–Crippen MR) is 60.1 cm³/mol. The van der Waals surface area contributed by atoms with Crippen molar-refractivity contribution in [1.29, 1.82) is 0 Å². The molecule has 7 heteroatoms. The van der Waals surface area contributed by atoms with Gasteiger partial charge in [-0.05, 0) is 12.8 Å². The molecule has 86 valence electrons. The molecule has 0 heterocycles. The van der Waals surface area contributed by atoms with Crippen LogP contribution in [-0.2, 0) is 15.1 Å². The SMILES string of the molecule is CCCCC(CC)C(=O)NS(=O)(=O)O.[NaH]. The van der Waals surface area contributed by atoms with Gasteiger partial charge in [0.1, 0.15) is 0 Å². The molecule has 0 aromatic heterocycles. The van der Waals surface area contributed by atoms with Crippen molar-refractivity contribution in [3.05, 3.63) is 0 Å². The Morgan fingerprint density at radius 3 is 2.27 bits per heavy atom. The van der Waals surface area contributed by atoms with Gasteiger partial charge in [-0.1, -0.05) is 26.7 Å². The molecule has 0 aromatic rings. The Morgan fingerprint density at radius 1 is 1.40 bits per heavy atom. The van der Waals surface area contributed by atoms with E-state index in [4.69, 9.17) is 4.55 Å². The summed E-state index contributed by atoms with van der Waals surface area (Å²) in [6, 6.07) is 0. The first kappa shape index (κ1) is 17.8. The van der Waals surface area contributed by atoms with Crippen LogP contribution in [0.3, 0.4) is 0 Å². The van der Waals surface area contributed by atoms with Crippen LogP contribution in [0.5, 0.6) is 0 Å². The number of hydrogen-bond donors (Lipinski definition) is 2. The fourth-order valence-electron chi connectivity index (χ4n) is 1.18. The maximum atomic E-state index is 11.2. The second kappa shape index (κ2) is 8.52. The first-order valence-electron chi connectivity index (χ1n) is 4.69. The molecule has 1 amide bonds. The number of carbonyl (C=O) groups is 1. The quantitative estimate of drug-likeness (QED) is 0.528. The number of amides is 1. The molecule has 0 spiro atoms. The molecular formula is C8H18NNaO4S. The van der Waals surface area contributed by atoms with Crippen LogP contribution in [0.4, 0.5) is 0 Å². The van der Waals surface area contributed by atoms with Crippen molar-refractivity contribution in [1.82, 2.24) is 4.72 Å². The summed E-state index contributed by atoms with van der Waals surface area (Å²) in [5.74, 6) is -0.958. The van der Waals surface area contributed by atoms with E-state index < -0.39 is 16.2 Å². The van der Waals surface area contributed by atoms with E-state index in [-0.39, 0.29) is 35.5 Å². The fourth-order valence-corrected chi connectivity index (χ4v) is 1.60. The fraction of sp³-hybridized carbons (Fsp3) is 0.875. The van der Waals surface area contributed by atoms with E-state index >= 15 is 0 Å². The van der Waals surface area contributed by atoms with Crippen molar-refractivity contribution in [3.8, 4) is 0 Å². The van der Waals surface area contributed by atoms with Crippen molar-refractivity contribution < 1.29 is 17.8 Å². The Hall–Kier alpha value is 0.380. The Morgan fingerprint density at radius 2 is 1.93 bits per heavy atom. The van der Waals surface area contributed by atoms with Gasteiger partial charge < -0.3 is 0 Å². The average Bonchev–Trinajstić information content (AvgIpc) is 2.02. The zero-order chi connectivity index (χ0) is 11.2. The van der Waals surface area contributed by atoms with Gasteiger partial charge in [0.15, 0.2) is 0 Å². The molecule has 1 atom stereocenters. The predicted octanol–water partition coefficient (Wildman–Crippen LogP) is 0.473. The van der Waals surface area contributed by atoms with Gasteiger partial charge in [-0.15, -0.1) is 0 Å². The number of hydrogen-bond acceptors (Lipinski definition) is 3. The number of nitrogens with one attached hydrogen (secondary N) is 1. The van der Waals surface area contributed by atoms with Gasteiger partial charge >= 0.3 is 39.9 Å². The molecule has 0 aliphatic rings. The molecule has 0 aromatic carbocycles. The van der Waals surface area contributed by atoms with Crippen molar-refractivity contribution in [2.75, 3.05) is 0 Å². The molecule has 5 nitrogen and oxygen atoms in total. The molecule has 0 fully saturated rings.